The first-order chi connectivity index (χ1) is 11.4. The van der Waals surface area contributed by atoms with Gasteiger partial charge in [-0.25, -0.2) is 4.79 Å². The maximum atomic E-state index is 12.3. The number of hydrogen-bond donors (Lipinski definition) is 1. The van der Waals surface area contributed by atoms with E-state index in [1.807, 2.05) is 0 Å². The normalized spacial score (nSPS) is 21.8. The van der Waals surface area contributed by atoms with E-state index in [0.717, 1.165) is 0 Å². The summed E-state index contributed by atoms with van der Waals surface area (Å²) in [7, 11) is 0. The van der Waals surface area contributed by atoms with E-state index in [4.69, 9.17) is 22.1 Å². The van der Waals surface area contributed by atoms with Crippen LogP contribution in [-0.2, 0) is 20.9 Å². The number of benzene rings is 1. The molecule has 2 N–H and O–H groups in total. The van der Waals surface area contributed by atoms with Gasteiger partial charge in [-0.2, -0.15) is 0 Å². The van der Waals surface area contributed by atoms with Crippen LogP contribution in [0.2, 0.25) is 0 Å². The highest BCUT2D eigenvalue weighted by Gasteiger charge is 2.52. The lowest BCUT2D eigenvalue weighted by molar-refractivity contribution is -0.384. The molecule has 3 rings (SSSR count). The molecule has 0 aromatic heterocycles. The number of ether oxygens (including phenoxy) is 1. The standard InChI is InChI=1S/C14H12ClN3O5S.ClH/c15-9-6-24-13-10(16)12(19)17(13)11(9)14(20)23-5-7-1-3-8(4-2-7)18(21)22;/h1-4,10,13H,5-6,16H2;1H/t10-,13+;/m1./s1. The van der Waals surface area contributed by atoms with Gasteiger partial charge in [0.05, 0.1) is 9.96 Å². The summed E-state index contributed by atoms with van der Waals surface area (Å²) < 4.78 is 5.18. The second-order valence-corrected chi connectivity index (χ2v) is 6.75. The molecule has 8 nitrogen and oxygen atoms in total. The first-order valence-corrected chi connectivity index (χ1v) is 8.32. The van der Waals surface area contributed by atoms with Crippen molar-refractivity contribution >= 4 is 53.3 Å². The highest BCUT2D eigenvalue weighted by molar-refractivity contribution is 8.00. The molecule has 0 bridgehead atoms. The molecule has 0 saturated carbocycles. The Hall–Kier alpha value is -1.81. The first-order valence-electron chi connectivity index (χ1n) is 6.89. The lowest BCUT2D eigenvalue weighted by Crippen LogP contribution is -2.68. The monoisotopic (exact) mass is 405 g/mol. The van der Waals surface area contributed by atoms with E-state index in [0.29, 0.717) is 11.3 Å². The summed E-state index contributed by atoms with van der Waals surface area (Å²) in [6.45, 7) is -0.0869. The molecular formula is C14H13Cl2N3O5S. The molecule has 2 heterocycles. The number of nitrogens with zero attached hydrogens (tertiary/aromatic N) is 2. The fraction of sp³-hybridized carbons (Fsp3) is 0.286. The molecule has 11 heteroatoms. The highest BCUT2D eigenvalue weighted by Crippen LogP contribution is 2.40. The van der Waals surface area contributed by atoms with Gasteiger partial charge in [0.2, 0.25) is 5.91 Å². The Morgan fingerprint density at radius 1 is 1.44 bits per heavy atom. The summed E-state index contributed by atoms with van der Waals surface area (Å²) in [6.07, 6.45) is 0. The molecule has 1 fully saturated rings. The number of carbonyl (C=O) groups excluding carboxylic acids is 2. The van der Waals surface area contributed by atoms with Crippen LogP contribution in [0.25, 0.3) is 0 Å². The fourth-order valence-electron chi connectivity index (χ4n) is 2.40. The molecular weight excluding hydrogens is 393 g/mol. The van der Waals surface area contributed by atoms with Gasteiger partial charge in [0.1, 0.15) is 23.7 Å². The SMILES string of the molecule is Cl.N[C@@H]1C(=O)N2C(C(=O)OCc3ccc([N+](=O)[O-])cc3)=C(Cl)CS[C@@H]12. The molecule has 134 valence electrons. The number of amides is 1. The Balaban J connectivity index is 0.00000225. The number of hydrogen-bond acceptors (Lipinski definition) is 7. The smallest absolute Gasteiger partial charge is 0.356 e. The number of non-ortho nitro benzene ring substituents is 1. The van der Waals surface area contributed by atoms with Gasteiger partial charge in [-0.1, -0.05) is 11.6 Å². The molecule has 1 aromatic carbocycles. The fourth-order valence-corrected chi connectivity index (χ4v) is 3.89. The van der Waals surface area contributed by atoms with Crippen LogP contribution in [-0.4, -0.2) is 38.9 Å². The van der Waals surface area contributed by atoms with Crippen molar-refractivity contribution < 1.29 is 19.2 Å². The number of thioether (sulfide) groups is 1. The number of nitro groups is 1. The maximum Gasteiger partial charge on any atom is 0.356 e. The third kappa shape index (κ3) is 3.59. The molecule has 1 saturated heterocycles. The average Bonchev–Trinajstić information content (AvgIpc) is 2.59. The van der Waals surface area contributed by atoms with Crippen LogP contribution < -0.4 is 5.73 Å². The van der Waals surface area contributed by atoms with E-state index in [9.17, 15) is 19.7 Å². The van der Waals surface area contributed by atoms with Gasteiger partial charge < -0.3 is 10.5 Å². The van der Waals surface area contributed by atoms with Crippen LogP contribution in [0.3, 0.4) is 0 Å². The minimum Gasteiger partial charge on any atom is -0.456 e. The largest absolute Gasteiger partial charge is 0.456 e. The molecule has 0 unspecified atom stereocenters. The summed E-state index contributed by atoms with van der Waals surface area (Å²) >= 11 is 7.46. The van der Waals surface area contributed by atoms with E-state index >= 15 is 0 Å². The summed E-state index contributed by atoms with van der Waals surface area (Å²) in [6, 6.07) is 4.98. The summed E-state index contributed by atoms with van der Waals surface area (Å²) in [5.41, 5.74) is 6.26. The van der Waals surface area contributed by atoms with Crippen LogP contribution in [0.15, 0.2) is 35.0 Å². The van der Waals surface area contributed by atoms with Crippen LogP contribution >= 0.6 is 35.8 Å². The van der Waals surface area contributed by atoms with E-state index < -0.39 is 16.9 Å². The van der Waals surface area contributed by atoms with Crippen LogP contribution in [0.5, 0.6) is 0 Å². The van der Waals surface area contributed by atoms with E-state index in [1.165, 1.54) is 40.9 Å². The maximum absolute atomic E-state index is 12.3. The van der Waals surface area contributed by atoms with Gasteiger partial charge in [-0.15, -0.1) is 24.2 Å². The van der Waals surface area contributed by atoms with Crippen molar-refractivity contribution in [2.24, 2.45) is 5.73 Å². The lowest BCUT2D eigenvalue weighted by Gasteiger charge is -2.47. The minimum atomic E-state index is -0.719. The predicted octanol–water partition coefficient (Wildman–Crippen LogP) is 1.75. The molecule has 2 aliphatic rings. The van der Waals surface area contributed by atoms with E-state index in [-0.39, 0.29) is 46.7 Å². The molecule has 2 atom stereocenters. The molecule has 0 spiro atoms. The zero-order chi connectivity index (χ0) is 17.4. The number of nitrogens with two attached hydrogens (primary N) is 1. The lowest BCUT2D eigenvalue weighted by atomic mass is 10.1. The number of nitro benzene ring substituents is 1. The van der Waals surface area contributed by atoms with Crippen molar-refractivity contribution in [3.05, 3.63) is 50.7 Å². The van der Waals surface area contributed by atoms with Gasteiger partial charge in [-0.05, 0) is 17.7 Å². The Labute approximate surface area is 157 Å². The Morgan fingerprint density at radius 3 is 2.68 bits per heavy atom. The molecule has 25 heavy (non-hydrogen) atoms. The van der Waals surface area contributed by atoms with E-state index in [1.54, 1.807) is 0 Å². The van der Waals surface area contributed by atoms with E-state index in [2.05, 4.69) is 0 Å². The van der Waals surface area contributed by atoms with Crippen LogP contribution in [0.4, 0.5) is 5.69 Å². The molecule has 1 amide bonds. The number of β-lactam (4-membered cyclic amide) rings is 1. The van der Waals surface area contributed by atoms with Crippen LogP contribution in [0, 0.1) is 10.1 Å². The third-order valence-electron chi connectivity index (χ3n) is 3.67. The number of carbonyl (C=O) groups is 2. The molecule has 0 aliphatic carbocycles. The topological polar surface area (TPSA) is 116 Å². The Morgan fingerprint density at radius 2 is 2.08 bits per heavy atom. The zero-order valence-corrected chi connectivity index (χ0v) is 15.0. The van der Waals surface area contributed by atoms with Crippen LogP contribution in [0.1, 0.15) is 5.56 Å². The number of fused-ring (bicyclic) bond motifs is 1. The first kappa shape index (κ1) is 19.5. The van der Waals surface area contributed by atoms with Crippen molar-refractivity contribution in [2.45, 2.75) is 18.0 Å². The summed E-state index contributed by atoms with van der Waals surface area (Å²) in [4.78, 5) is 35.5. The van der Waals surface area contributed by atoms with Gasteiger partial charge in [0.25, 0.3) is 5.69 Å². The van der Waals surface area contributed by atoms with Crippen molar-refractivity contribution in [1.29, 1.82) is 0 Å². The van der Waals surface area contributed by atoms with Gasteiger partial charge >= 0.3 is 5.97 Å². The number of halogens is 2. The van der Waals surface area contributed by atoms with Crippen molar-refractivity contribution in [3.63, 3.8) is 0 Å². The third-order valence-corrected chi connectivity index (χ3v) is 5.45. The quantitative estimate of drug-likeness (QED) is 0.351. The Bertz CT molecular complexity index is 755. The van der Waals surface area contributed by atoms with Gasteiger partial charge in [0, 0.05) is 17.9 Å². The van der Waals surface area contributed by atoms with Crippen molar-refractivity contribution in [1.82, 2.24) is 4.90 Å². The van der Waals surface area contributed by atoms with Gasteiger partial charge in [0.15, 0.2) is 0 Å². The average molecular weight is 406 g/mol. The second-order valence-electron chi connectivity index (χ2n) is 5.19. The molecule has 2 aliphatic heterocycles. The second kappa shape index (κ2) is 7.61. The summed E-state index contributed by atoms with van der Waals surface area (Å²) in [5, 5.41) is 10.5. The van der Waals surface area contributed by atoms with Gasteiger partial charge in [-0.3, -0.25) is 19.8 Å². The van der Waals surface area contributed by atoms with Crippen molar-refractivity contribution in [3.8, 4) is 0 Å². The minimum absolute atomic E-state index is 0. The highest BCUT2D eigenvalue weighted by atomic mass is 35.5. The summed E-state index contributed by atoms with van der Waals surface area (Å²) in [5.74, 6) is -0.706. The molecule has 0 radical (unpaired) electrons. The predicted molar refractivity (Wildman–Crippen MR) is 94.1 cm³/mol. The zero-order valence-electron chi connectivity index (χ0n) is 12.6. The Kier molecular flexibility index (Phi) is 5.94. The molecule has 1 aromatic rings. The number of rotatable bonds is 4. The van der Waals surface area contributed by atoms with Crippen molar-refractivity contribution in [2.75, 3.05) is 5.75 Å². The number of esters is 1.